The van der Waals surface area contributed by atoms with E-state index in [1.807, 2.05) is 13.8 Å². The maximum atomic E-state index is 12.3. The average Bonchev–Trinajstić information content (AvgIpc) is 3.11. The average molecular weight is 294 g/mol. The lowest BCUT2D eigenvalue weighted by Crippen LogP contribution is -2.41. The number of carbonyl (C=O) groups is 1. The van der Waals surface area contributed by atoms with Gasteiger partial charge in [-0.2, -0.15) is 0 Å². The highest BCUT2D eigenvalue weighted by atomic mass is 32.1. The molecule has 2 heterocycles. The molecule has 0 atom stereocenters. The van der Waals surface area contributed by atoms with Crippen molar-refractivity contribution in [3.63, 3.8) is 0 Å². The second-order valence-electron chi connectivity index (χ2n) is 4.54. The fourth-order valence-corrected chi connectivity index (χ4v) is 2.66. The lowest BCUT2D eigenvalue weighted by Gasteiger charge is -2.27. The van der Waals surface area contributed by atoms with Crippen molar-refractivity contribution in [3.05, 3.63) is 18.4 Å². The molecule has 0 unspecified atom stereocenters. The number of anilines is 1. The van der Waals surface area contributed by atoms with Gasteiger partial charge < -0.3 is 10.2 Å². The Morgan fingerprint density at radius 1 is 1.45 bits per heavy atom. The minimum atomic E-state index is -0.545. The third-order valence-electron chi connectivity index (χ3n) is 3.60. The minimum Gasteiger partial charge on any atom is -0.462 e. The summed E-state index contributed by atoms with van der Waals surface area (Å²) in [5.41, 5.74) is 5.21. The van der Waals surface area contributed by atoms with Crippen LogP contribution in [0.3, 0.4) is 0 Å². The fraction of sp³-hybridized carbons (Fsp3) is 0.462. The Labute approximate surface area is 121 Å². The molecule has 108 valence electrons. The number of nitrogens with one attached hydrogen (secondary N) is 1. The molecule has 0 spiro atoms. The normalized spacial score (nSPS) is 11.6. The van der Waals surface area contributed by atoms with Gasteiger partial charge in [0.25, 0.3) is 0 Å². The molecule has 0 saturated heterocycles. The zero-order chi connectivity index (χ0) is 14.6. The molecule has 0 aliphatic carbocycles. The van der Waals surface area contributed by atoms with Crippen molar-refractivity contribution in [1.29, 1.82) is 0 Å². The van der Waals surface area contributed by atoms with Gasteiger partial charge in [-0.15, -0.1) is 10.2 Å². The van der Waals surface area contributed by atoms with Gasteiger partial charge in [0.15, 0.2) is 10.8 Å². The molecule has 2 rings (SSSR count). The monoisotopic (exact) mass is 294 g/mol. The van der Waals surface area contributed by atoms with Crippen molar-refractivity contribution in [2.75, 3.05) is 11.9 Å². The van der Waals surface area contributed by atoms with Crippen LogP contribution < -0.4 is 11.1 Å². The van der Waals surface area contributed by atoms with Crippen LogP contribution in [-0.4, -0.2) is 22.6 Å². The maximum Gasteiger partial charge on any atom is 0.233 e. The van der Waals surface area contributed by atoms with Crippen molar-refractivity contribution in [1.82, 2.24) is 10.2 Å². The number of furan rings is 1. The lowest BCUT2D eigenvalue weighted by atomic mass is 9.81. The zero-order valence-corrected chi connectivity index (χ0v) is 12.4. The van der Waals surface area contributed by atoms with E-state index in [0.717, 1.165) is 0 Å². The van der Waals surface area contributed by atoms with E-state index in [1.54, 1.807) is 18.4 Å². The molecule has 20 heavy (non-hydrogen) atoms. The van der Waals surface area contributed by atoms with Crippen LogP contribution in [-0.2, 0) is 4.79 Å². The Morgan fingerprint density at radius 2 is 2.20 bits per heavy atom. The maximum absolute atomic E-state index is 12.3. The molecule has 0 aliphatic rings. The van der Waals surface area contributed by atoms with Crippen molar-refractivity contribution >= 4 is 22.4 Å². The number of hydrogen-bond acceptors (Lipinski definition) is 6. The van der Waals surface area contributed by atoms with E-state index in [2.05, 4.69) is 15.5 Å². The molecule has 7 heteroatoms. The molecule has 0 bridgehead atoms. The van der Waals surface area contributed by atoms with E-state index in [-0.39, 0.29) is 5.91 Å². The zero-order valence-electron chi connectivity index (χ0n) is 11.5. The summed E-state index contributed by atoms with van der Waals surface area (Å²) >= 11 is 1.28. The highest BCUT2D eigenvalue weighted by molar-refractivity contribution is 7.18. The van der Waals surface area contributed by atoms with Crippen LogP contribution >= 0.6 is 11.3 Å². The third-order valence-corrected chi connectivity index (χ3v) is 4.46. The van der Waals surface area contributed by atoms with Gasteiger partial charge in [0.1, 0.15) is 0 Å². The Bertz CT molecular complexity index is 552. The summed E-state index contributed by atoms with van der Waals surface area (Å²) in [6.45, 7) is 4.24. The van der Waals surface area contributed by atoms with Crippen LogP contribution in [0.25, 0.3) is 10.8 Å². The van der Waals surface area contributed by atoms with Gasteiger partial charge in [0.2, 0.25) is 11.0 Å². The quantitative estimate of drug-likeness (QED) is 0.853. The summed E-state index contributed by atoms with van der Waals surface area (Å²) < 4.78 is 5.24. The van der Waals surface area contributed by atoms with E-state index in [1.165, 1.54) is 11.3 Å². The van der Waals surface area contributed by atoms with E-state index >= 15 is 0 Å². The third kappa shape index (κ3) is 2.73. The molecule has 2 aromatic heterocycles. The van der Waals surface area contributed by atoms with Crippen molar-refractivity contribution in [2.24, 2.45) is 11.1 Å². The van der Waals surface area contributed by atoms with Crippen LogP contribution in [0, 0.1) is 5.41 Å². The number of aromatic nitrogens is 2. The summed E-state index contributed by atoms with van der Waals surface area (Å²) in [4.78, 5) is 12.3. The number of amides is 1. The van der Waals surface area contributed by atoms with Crippen LogP contribution in [0.1, 0.15) is 26.7 Å². The van der Waals surface area contributed by atoms with Gasteiger partial charge in [0, 0.05) is 6.54 Å². The minimum absolute atomic E-state index is 0.104. The Balaban J connectivity index is 2.12. The number of carbonyl (C=O) groups excluding carboxylic acids is 1. The first-order valence-electron chi connectivity index (χ1n) is 6.54. The number of nitrogens with zero attached hydrogens (tertiary/aromatic N) is 2. The van der Waals surface area contributed by atoms with Crippen molar-refractivity contribution < 1.29 is 9.21 Å². The highest BCUT2D eigenvalue weighted by Crippen LogP contribution is 2.30. The van der Waals surface area contributed by atoms with E-state index < -0.39 is 5.41 Å². The summed E-state index contributed by atoms with van der Waals surface area (Å²) in [5, 5.41) is 11.9. The first-order valence-corrected chi connectivity index (χ1v) is 7.35. The van der Waals surface area contributed by atoms with E-state index in [4.69, 9.17) is 10.2 Å². The van der Waals surface area contributed by atoms with Gasteiger partial charge in [-0.3, -0.25) is 10.1 Å². The predicted molar refractivity (Wildman–Crippen MR) is 78.3 cm³/mol. The van der Waals surface area contributed by atoms with Gasteiger partial charge in [0.05, 0.1) is 11.7 Å². The molecule has 6 nitrogen and oxygen atoms in total. The van der Waals surface area contributed by atoms with Crippen LogP contribution in [0.5, 0.6) is 0 Å². The molecular formula is C13H18N4O2S. The van der Waals surface area contributed by atoms with Crippen LogP contribution in [0.4, 0.5) is 5.13 Å². The summed E-state index contributed by atoms with van der Waals surface area (Å²) in [6.07, 6.45) is 2.95. The SMILES string of the molecule is CCC(CC)(CN)C(=O)Nc1nnc(-c2ccco2)s1. The Morgan fingerprint density at radius 3 is 2.75 bits per heavy atom. The van der Waals surface area contributed by atoms with Gasteiger partial charge in [-0.1, -0.05) is 25.2 Å². The molecule has 2 aromatic rings. The number of nitrogens with two attached hydrogens (primary N) is 1. The summed E-state index contributed by atoms with van der Waals surface area (Å²) in [5.74, 6) is 0.534. The van der Waals surface area contributed by atoms with Crippen LogP contribution in [0.2, 0.25) is 0 Å². The van der Waals surface area contributed by atoms with Gasteiger partial charge in [-0.25, -0.2) is 0 Å². The Hall–Kier alpha value is -1.73. The molecule has 0 aliphatic heterocycles. The Kier molecular flexibility index (Phi) is 4.51. The predicted octanol–water partition coefficient (Wildman–Crippen LogP) is 2.50. The molecule has 1 amide bonds. The largest absolute Gasteiger partial charge is 0.462 e. The second kappa shape index (κ2) is 6.15. The first kappa shape index (κ1) is 14.7. The second-order valence-corrected chi connectivity index (χ2v) is 5.51. The molecule has 0 fully saturated rings. The van der Waals surface area contributed by atoms with E-state index in [0.29, 0.717) is 35.3 Å². The fourth-order valence-electron chi connectivity index (χ4n) is 1.96. The number of rotatable bonds is 6. The molecule has 0 aromatic carbocycles. The molecule has 0 radical (unpaired) electrons. The highest BCUT2D eigenvalue weighted by Gasteiger charge is 2.34. The van der Waals surface area contributed by atoms with Crippen molar-refractivity contribution in [3.8, 4) is 10.8 Å². The topological polar surface area (TPSA) is 94.0 Å². The van der Waals surface area contributed by atoms with E-state index in [9.17, 15) is 4.79 Å². The lowest BCUT2D eigenvalue weighted by molar-refractivity contribution is -0.125. The molecular weight excluding hydrogens is 276 g/mol. The number of hydrogen-bond donors (Lipinski definition) is 2. The smallest absolute Gasteiger partial charge is 0.233 e. The van der Waals surface area contributed by atoms with Crippen LogP contribution in [0.15, 0.2) is 22.8 Å². The first-order chi connectivity index (χ1) is 9.65. The molecule has 0 saturated carbocycles. The van der Waals surface area contributed by atoms with Crippen molar-refractivity contribution in [2.45, 2.75) is 26.7 Å². The molecule has 3 N–H and O–H groups in total. The standard InChI is InChI=1S/C13H18N4O2S/c1-3-13(4-2,8-14)11(18)15-12-17-16-10(20-12)9-6-5-7-19-9/h5-7H,3-4,8,14H2,1-2H3,(H,15,17,18). The van der Waals surface area contributed by atoms with Gasteiger partial charge >= 0.3 is 0 Å². The summed E-state index contributed by atoms with van der Waals surface area (Å²) in [6, 6.07) is 3.58. The summed E-state index contributed by atoms with van der Waals surface area (Å²) in [7, 11) is 0. The van der Waals surface area contributed by atoms with Gasteiger partial charge in [-0.05, 0) is 25.0 Å².